The van der Waals surface area contributed by atoms with Crippen LogP contribution in [0.2, 0.25) is 0 Å². The van der Waals surface area contributed by atoms with Crippen molar-refractivity contribution in [1.29, 1.82) is 0 Å². The maximum absolute atomic E-state index is 11.5. The summed E-state index contributed by atoms with van der Waals surface area (Å²) in [5.41, 5.74) is 1.96. The van der Waals surface area contributed by atoms with Gasteiger partial charge in [-0.25, -0.2) is 4.98 Å². The first-order chi connectivity index (χ1) is 8.22. The number of aromatic amines is 1. The lowest BCUT2D eigenvalue weighted by Crippen LogP contribution is -2.10. The van der Waals surface area contributed by atoms with Crippen LogP contribution in [-0.4, -0.2) is 19.9 Å². The molecule has 17 heavy (non-hydrogen) atoms. The van der Waals surface area contributed by atoms with Crippen LogP contribution in [0.4, 0.5) is 0 Å². The van der Waals surface area contributed by atoms with Gasteiger partial charge in [-0.15, -0.1) is 0 Å². The van der Waals surface area contributed by atoms with Crippen molar-refractivity contribution in [3.8, 4) is 11.4 Å². The third-order valence-corrected chi connectivity index (χ3v) is 2.77. The van der Waals surface area contributed by atoms with E-state index in [0.717, 1.165) is 24.4 Å². The molecule has 86 valence electrons. The van der Waals surface area contributed by atoms with E-state index in [1.165, 1.54) is 6.07 Å². The Morgan fingerprint density at radius 3 is 2.71 bits per heavy atom. The summed E-state index contributed by atoms with van der Waals surface area (Å²) < 4.78 is 0. The molecule has 0 aromatic carbocycles. The molecule has 0 atom stereocenters. The summed E-state index contributed by atoms with van der Waals surface area (Å²) in [5.74, 6) is 1.19. The van der Waals surface area contributed by atoms with Crippen molar-refractivity contribution in [2.24, 2.45) is 0 Å². The monoisotopic (exact) mass is 228 g/mol. The Kier molecular flexibility index (Phi) is 2.24. The van der Waals surface area contributed by atoms with E-state index in [0.29, 0.717) is 17.3 Å². The third kappa shape index (κ3) is 2.08. The number of nitrogens with one attached hydrogen (secondary N) is 1. The fraction of sp³-hybridized carbons (Fsp3) is 0.333. The van der Waals surface area contributed by atoms with E-state index in [4.69, 9.17) is 0 Å². The van der Waals surface area contributed by atoms with Crippen molar-refractivity contribution < 1.29 is 0 Å². The minimum atomic E-state index is -0.126. The van der Waals surface area contributed by atoms with Crippen LogP contribution in [0.15, 0.2) is 23.3 Å². The first-order valence-corrected chi connectivity index (χ1v) is 5.62. The molecule has 0 bridgehead atoms. The first kappa shape index (κ1) is 10.1. The smallest absolute Gasteiger partial charge is 0.251 e. The Bertz CT molecular complexity index is 599. The van der Waals surface area contributed by atoms with Crippen LogP contribution in [0.3, 0.4) is 0 Å². The van der Waals surface area contributed by atoms with Crippen LogP contribution in [0.25, 0.3) is 11.4 Å². The zero-order chi connectivity index (χ0) is 11.8. The molecule has 3 rings (SSSR count). The van der Waals surface area contributed by atoms with Gasteiger partial charge in [-0.1, -0.05) is 0 Å². The number of nitrogens with zero attached hydrogens (tertiary/aromatic N) is 3. The lowest BCUT2D eigenvalue weighted by atomic mass is 10.3. The van der Waals surface area contributed by atoms with Crippen molar-refractivity contribution in [1.82, 2.24) is 19.9 Å². The summed E-state index contributed by atoms with van der Waals surface area (Å²) >= 11 is 0. The van der Waals surface area contributed by atoms with Gasteiger partial charge in [0.15, 0.2) is 0 Å². The highest BCUT2D eigenvalue weighted by atomic mass is 16.1. The van der Waals surface area contributed by atoms with Gasteiger partial charge in [-0.3, -0.25) is 14.8 Å². The van der Waals surface area contributed by atoms with Crippen molar-refractivity contribution in [3.63, 3.8) is 0 Å². The molecule has 0 saturated heterocycles. The Hall–Kier alpha value is -2.04. The minimum Gasteiger partial charge on any atom is -0.310 e. The molecule has 0 amide bonds. The van der Waals surface area contributed by atoms with Gasteiger partial charge in [0.25, 0.3) is 5.56 Å². The fourth-order valence-corrected chi connectivity index (χ4v) is 1.68. The van der Waals surface area contributed by atoms with E-state index >= 15 is 0 Å². The van der Waals surface area contributed by atoms with Gasteiger partial charge >= 0.3 is 0 Å². The summed E-state index contributed by atoms with van der Waals surface area (Å²) in [6.07, 6.45) is 5.53. The third-order valence-electron chi connectivity index (χ3n) is 2.77. The topological polar surface area (TPSA) is 71.5 Å². The van der Waals surface area contributed by atoms with E-state index in [2.05, 4.69) is 19.9 Å². The zero-order valence-corrected chi connectivity index (χ0v) is 9.47. The lowest BCUT2D eigenvalue weighted by Gasteiger charge is -2.02. The maximum Gasteiger partial charge on any atom is 0.251 e. The maximum atomic E-state index is 11.5. The molecule has 5 heteroatoms. The molecule has 1 saturated carbocycles. The summed E-state index contributed by atoms with van der Waals surface area (Å²) in [6.45, 7) is 1.87. The molecule has 0 unspecified atom stereocenters. The molecule has 0 aliphatic heterocycles. The number of H-pyrrole nitrogens is 1. The summed E-state index contributed by atoms with van der Waals surface area (Å²) in [4.78, 5) is 27.1. The van der Waals surface area contributed by atoms with Gasteiger partial charge in [0.05, 0.1) is 17.6 Å². The van der Waals surface area contributed by atoms with Crippen molar-refractivity contribution >= 4 is 0 Å². The van der Waals surface area contributed by atoms with Crippen molar-refractivity contribution in [2.45, 2.75) is 25.7 Å². The molecule has 2 aromatic heterocycles. The number of aromatic nitrogens is 4. The Morgan fingerprint density at radius 2 is 2.06 bits per heavy atom. The Balaban J connectivity index is 2.07. The van der Waals surface area contributed by atoms with Gasteiger partial charge in [-0.05, 0) is 19.8 Å². The zero-order valence-electron chi connectivity index (χ0n) is 9.47. The summed E-state index contributed by atoms with van der Waals surface area (Å²) in [7, 11) is 0. The molecule has 0 spiro atoms. The summed E-state index contributed by atoms with van der Waals surface area (Å²) in [6, 6.07) is 1.46. The van der Waals surface area contributed by atoms with E-state index < -0.39 is 0 Å². The predicted molar refractivity (Wildman–Crippen MR) is 62.6 cm³/mol. The van der Waals surface area contributed by atoms with Crippen LogP contribution < -0.4 is 5.56 Å². The second-order valence-electron chi connectivity index (χ2n) is 4.33. The van der Waals surface area contributed by atoms with E-state index in [-0.39, 0.29) is 5.56 Å². The SMILES string of the molecule is Cc1cnc(-c2cc(=O)[nH]c(C3CC3)n2)cn1. The van der Waals surface area contributed by atoms with Crippen LogP contribution >= 0.6 is 0 Å². The highest BCUT2D eigenvalue weighted by Gasteiger charge is 2.26. The van der Waals surface area contributed by atoms with Gasteiger partial charge in [-0.2, -0.15) is 0 Å². The number of hydrogen-bond donors (Lipinski definition) is 1. The first-order valence-electron chi connectivity index (χ1n) is 5.62. The normalized spacial score (nSPS) is 14.9. The van der Waals surface area contributed by atoms with Crippen LogP contribution in [0.1, 0.15) is 30.3 Å². The molecule has 1 aliphatic carbocycles. The highest BCUT2D eigenvalue weighted by molar-refractivity contribution is 5.51. The predicted octanol–water partition coefficient (Wildman–Crippen LogP) is 1.41. The fourth-order valence-electron chi connectivity index (χ4n) is 1.68. The van der Waals surface area contributed by atoms with Crippen molar-refractivity contribution in [3.05, 3.63) is 40.3 Å². The Labute approximate surface area is 98.0 Å². The van der Waals surface area contributed by atoms with E-state index in [1.54, 1.807) is 12.4 Å². The number of aryl methyl sites for hydroxylation is 1. The molecule has 1 fully saturated rings. The van der Waals surface area contributed by atoms with Crippen molar-refractivity contribution in [2.75, 3.05) is 0 Å². The molecule has 1 aliphatic rings. The van der Waals surface area contributed by atoms with E-state index in [1.807, 2.05) is 6.92 Å². The second-order valence-corrected chi connectivity index (χ2v) is 4.33. The molecule has 0 radical (unpaired) electrons. The molecular weight excluding hydrogens is 216 g/mol. The number of hydrogen-bond acceptors (Lipinski definition) is 4. The second kappa shape index (κ2) is 3.76. The van der Waals surface area contributed by atoms with E-state index in [9.17, 15) is 4.79 Å². The van der Waals surface area contributed by atoms with Crippen LogP contribution in [0.5, 0.6) is 0 Å². The minimum absolute atomic E-state index is 0.126. The quantitative estimate of drug-likeness (QED) is 0.843. The molecule has 2 heterocycles. The molecule has 2 aromatic rings. The van der Waals surface area contributed by atoms with Gasteiger partial charge in [0, 0.05) is 18.2 Å². The van der Waals surface area contributed by atoms with Gasteiger partial charge in [0.2, 0.25) is 0 Å². The molecular formula is C12H12N4O. The molecule has 1 N–H and O–H groups in total. The van der Waals surface area contributed by atoms with Crippen LogP contribution in [-0.2, 0) is 0 Å². The Morgan fingerprint density at radius 1 is 1.24 bits per heavy atom. The van der Waals surface area contributed by atoms with Crippen LogP contribution in [0, 0.1) is 6.92 Å². The number of rotatable bonds is 2. The largest absolute Gasteiger partial charge is 0.310 e. The van der Waals surface area contributed by atoms with Gasteiger partial charge < -0.3 is 4.98 Å². The summed E-state index contributed by atoms with van der Waals surface area (Å²) in [5, 5.41) is 0. The molecule has 5 nitrogen and oxygen atoms in total. The average Bonchev–Trinajstić information content (AvgIpc) is 3.13. The van der Waals surface area contributed by atoms with Gasteiger partial charge in [0.1, 0.15) is 11.5 Å². The lowest BCUT2D eigenvalue weighted by molar-refractivity contribution is 0.908. The highest BCUT2D eigenvalue weighted by Crippen LogP contribution is 2.37. The standard InChI is InChI=1S/C12H12N4O/c1-7-5-14-10(6-13-7)9-4-11(17)16-12(15-9)8-2-3-8/h4-6,8H,2-3H2,1H3,(H,15,16,17). The average molecular weight is 228 g/mol.